The molecule has 3 nitrogen and oxygen atoms in total. The van der Waals surface area contributed by atoms with E-state index in [1.165, 1.54) is 0 Å². The largest absolute Gasteiger partial charge is 0.494 e. The molecule has 0 bridgehead atoms. The molecule has 122 valence electrons. The first-order valence-electron chi connectivity index (χ1n) is 7.40. The quantitative estimate of drug-likeness (QED) is 0.706. The Kier molecular flexibility index (Phi) is 6.31. The number of halogens is 2. The molecule has 0 saturated carbocycles. The number of rotatable bonds is 6. The lowest BCUT2D eigenvalue weighted by atomic mass is 10.1. The van der Waals surface area contributed by atoms with Crippen LogP contribution in [0.2, 0.25) is 10.0 Å². The molecule has 2 aromatic carbocycles. The minimum Gasteiger partial charge on any atom is -0.494 e. The molecule has 0 spiro atoms. The molecular formula is C18H19Cl2NO2. The van der Waals surface area contributed by atoms with Crippen LogP contribution in [0.3, 0.4) is 0 Å². The van der Waals surface area contributed by atoms with Crippen molar-refractivity contribution in [2.75, 3.05) is 11.9 Å². The number of nitrogens with one attached hydrogen (secondary N) is 1. The third-order valence-corrected chi connectivity index (χ3v) is 4.17. The summed E-state index contributed by atoms with van der Waals surface area (Å²) in [6.07, 6.45) is 1.02. The Morgan fingerprint density at radius 3 is 2.48 bits per heavy atom. The lowest BCUT2D eigenvalue weighted by Gasteiger charge is -2.10. The fraction of sp³-hybridized carbons (Fsp3) is 0.278. The molecule has 0 aliphatic rings. The van der Waals surface area contributed by atoms with Gasteiger partial charge in [0.1, 0.15) is 5.75 Å². The number of amides is 1. The van der Waals surface area contributed by atoms with E-state index in [-0.39, 0.29) is 5.91 Å². The zero-order valence-electron chi connectivity index (χ0n) is 13.2. The van der Waals surface area contributed by atoms with Gasteiger partial charge in [-0.15, -0.1) is 0 Å². The smallest absolute Gasteiger partial charge is 0.224 e. The first kappa shape index (κ1) is 17.6. The highest BCUT2D eigenvalue weighted by Gasteiger charge is 2.05. The van der Waals surface area contributed by atoms with Crippen LogP contribution < -0.4 is 10.1 Å². The van der Waals surface area contributed by atoms with Crippen LogP contribution in [0.15, 0.2) is 36.4 Å². The highest BCUT2D eigenvalue weighted by atomic mass is 35.5. The summed E-state index contributed by atoms with van der Waals surface area (Å²) < 4.78 is 5.68. The summed E-state index contributed by atoms with van der Waals surface area (Å²) in [6.45, 7) is 4.37. The average molecular weight is 352 g/mol. The first-order chi connectivity index (χ1) is 11.0. The molecule has 0 atom stereocenters. The summed E-state index contributed by atoms with van der Waals surface area (Å²) in [5, 5.41) is 4.17. The Balaban J connectivity index is 1.76. The third-order valence-electron chi connectivity index (χ3n) is 3.34. The number of ether oxygens (including phenoxy) is 1. The van der Waals surface area contributed by atoms with Crippen molar-refractivity contribution in [1.29, 1.82) is 0 Å². The van der Waals surface area contributed by atoms with Crippen molar-refractivity contribution >= 4 is 34.8 Å². The van der Waals surface area contributed by atoms with Gasteiger partial charge < -0.3 is 10.1 Å². The second-order valence-electron chi connectivity index (χ2n) is 5.38. The van der Waals surface area contributed by atoms with Gasteiger partial charge in [0.05, 0.1) is 6.61 Å². The molecule has 1 N–H and O–H groups in total. The summed E-state index contributed by atoms with van der Waals surface area (Å²) in [6, 6.07) is 10.9. The van der Waals surface area contributed by atoms with E-state index in [2.05, 4.69) is 5.32 Å². The van der Waals surface area contributed by atoms with Gasteiger partial charge in [0.25, 0.3) is 0 Å². The van der Waals surface area contributed by atoms with Crippen LogP contribution in [-0.4, -0.2) is 12.5 Å². The van der Waals surface area contributed by atoms with Crippen molar-refractivity contribution in [2.45, 2.75) is 26.7 Å². The number of anilines is 1. The predicted octanol–water partition coefficient (Wildman–Crippen LogP) is 5.41. The summed E-state index contributed by atoms with van der Waals surface area (Å²) in [5.74, 6) is 0.721. The molecule has 0 fully saturated rings. The minimum absolute atomic E-state index is 0.0562. The van der Waals surface area contributed by atoms with Crippen molar-refractivity contribution in [1.82, 2.24) is 0 Å². The second-order valence-corrected chi connectivity index (χ2v) is 6.20. The molecule has 1 amide bonds. The number of benzene rings is 2. The zero-order chi connectivity index (χ0) is 16.8. The van der Waals surface area contributed by atoms with E-state index >= 15 is 0 Å². The fourth-order valence-corrected chi connectivity index (χ4v) is 2.50. The van der Waals surface area contributed by atoms with Gasteiger partial charge in [-0.1, -0.05) is 29.3 Å². The molecule has 0 heterocycles. The van der Waals surface area contributed by atoms with Gasteiger partial charge in [-0.05, 0) is 61.7 Å². The number of hydrogen-bond donors (Lipinski definition) is 1. The van der Waals surface area contributed by atoms with Crippen LogP contribution in [0.1, 0.15) is 24.0 Å². The molecule has 0 aliphatic carbocycles. The van der Waals surface area contributed by atoms with Crippen LogP contribution in [-0.2, 0) is 4.79 Å². The van der Waals surface area contributed by atoms with E-state index in [1.54, 1.807) is 24.3 Å². The molecule has 0 aromatic heterocycles. The number of hydrogen-bond acceptors (Lipinski definition) is 2. The molecular weight excluding hydrogens is 333 g/mol. The summed E-state index contributed by atoms with van der Waals surface area (Å²) in [7, 11) is 0. The van der Waals surface area contributed by atoms with E-state index in [0.717, 1.165) is 21.9 Å². The second kappa shape index (κ2) is 8.23. The Morgan fingerprint density at radius 1 is 1.13 bits per heavy atom. The Morgan fingerprint density at radius 2 is 1.83 bits per heavy atom. The third kappa shape index (κ3) is 5.45. The van der Waals surface area contributed by atoms with Crippen molar-refractivity contribution < 1.29 is 9.53 Å². The topological polar surface area (TPSA) is 38.3 Å². The van der Waals surface area contributed by atoms with E-state index in [4.69, 9.17) is 27.9 Å². The van der Waals surface area contributed by atoms with Gasteiger partial charge in [-0.2, -0.15) is 0 Å². The zero-order valence-corrected chi connectivity index (χ0v) is 14.7. The van der Waals surface area contributed by atoms with E-state index < -0.39 is 0 Å². The van der Waals surface area contributed by atoms with Crippen molar-refractivity contribution in [2.24, 2.45) is 0 Å². The Hall–Kier alpha value is -1.71. The highest BCUT2D eigenvalue weighted by molar-refractivity contribution is 6.32. The monoisotopic (exact) mass is 351 g/mol. The summed E-state index contributed by atoms with van der Waals surface area (Å²) in [4.78, 5) is 11.9. The predicted molar refractivity (Wildman–Crippen MR) is 95.7 cm³/mol. The standard InChI is InChI=1S/C18H19Cl2NO2/c1-12-9-16(10-13(2)18(12)20)23-8-4-7-17(22)21-15-6-3-5-14(19)11-15/h3,5-6,9-11H,4,7-8H2,1-2H3,(H,21,22). The maximum Gasteiger partial charge on any atom is 0.224 e. The lowest BCUT2D eigenvalue weighted by Crippen LogP contribution is -2.12. The van der Waals surface area contributed by atoms with Crippen LogP contribution in [0.5, 0.6) is 5.75 Å². The molecule has 5 heteroatoms. The van der Waals surface area contributed by atoms with Gasteiger partial charge in [0, 0.05) is 22.2 Å². The number of carbonyl (C=O) groups excluding carboxylic acids is 1. The van der Waals surface area contributed by atoms with Crippen LogP contribution >= 0.6 is 23.2 Å². The van der Waals surface area contributed by atoms with Gasteiger partial charge >= 0.3 is 0 Å². The van der Waals surface area contributed by atoms with Crippen molar-refractivity contribution in [3.8, 4) is 5.75 Å². The molecule has 0 unspecified atom stereocenters. The van der Waals surface area contributed by atoms with E-state index in [1.807, 2.05) is 26.0 Å². The van der Waals surface area contributed by atoms with Gasteiger partial charge in [0.2, 0.25) is 5.91 Å². The van der Waals surface area contributed by atoms with E-state index in [9.17, 15) is 4.79 Å². The van der Waals surface area contributed by atoms with Gasteiger partial charge in [0.15, 0.2) is 0 Å². The van der Waals surface area contributed by atoms with Crippen LogP contribution in [0.4, 0.5) is 5.69 Å². The normalized spacial score (nSPS) is 10.4. The minimum atomic E-state index is -0.0562. The summed E-state index contributed by atoms with van der Waals surface area (Å²) in [5.41, 5.74) is 2.67. The molecule has 2 rings (SSSR count). The maximum absolute atomic E-state index is 11.9. The number of aryl methyl sites for hydroxylation is 2. The SMILES string of the molecule is Cc1cc(OCCCC(=O)Nc2cccc(Cl)c2)cc(C)c1Cl. The average Bonchev–Trinajstić information content (AvgIpc) is 2.49. The van der Waals surface area contributed by atoms with E-state index in [0.29, 0.717) is 30.2 Å². The lowest BCUT2D eigenvalue weighted by molar-refractivity contribution is -0.116. The number of carbonyl (C=O) groups is 1. The fourth-order valence-electron chi connectivity index (χ4n) is 2.20. The van der Waals surface area contributed by atoms with Crippen molar-refractivity contribution in [3.05, 3.63) is 57.6 Å². The molecule has 23 heavy (non-hydrogen) atoms. The van der Waals surface area contributed by atoms with Crippen molar-refractivity contribution in [3.63, 3.8) is 0 Å². The molecule has 0 radical (unpaired) electrons. The Labute approximate surface area is 146 Å². The summed E-state index contributed by atoms with van der Waals surface area (Å²) >= 11 is 12.0. The molecule has 0 saturated heterocycles. The Bertz CT molecular complexity index is 678. The van der Waals surface area contributed by atoms with Crippen LogP contribution in [0, 0.1) is 13.8 Å². The highest BCUT2D eigenvalue weighted by Crippen LogP contribution is 2.26. The van der Waals surface area contributed by atoms with Crippen LogP contribution in [0.25, 0.3) is 0 Å². The maximum atomic E-state index is 11.9. The first-order valence-corrected chi connectivity index (χ1v) is 8.16. The molecule has 0 aliphatic heterocycles. The molecule has 2 aromatic rings. The van der Waals surface area contributed by atoms with Gasteiger partial charge in [-0.3, -0.25) is 4.79 Å². The van der Waals surface area contributed by atoms with Gasteiger partial charge in [-0.25, -0.2) is 0 Å².